The summed E-state index contributed by atoms with van der Waals surface area (Å²) in [6.45, 7) is 4.07. The van der Waals surface area contributed by atoms with Crippen molar-refractivity contribution in [2.45, 2.75) is 26.0 Å². The fourth-order valence-electron chi connectivity index (χ4n) is 1.63. The Hall–Kier alpha value is -1.22. The van der Waals surface area contributed by atoms with Crippen molar-refractivity contribution in [2.75, 3.05) is 0 Å². The van der Waals surface area contributed by atoms with Crippen LogP contribution in [0.4, 0.5) is 0 Å². The Morgan fingerprint density at radius 1 is 1.27 bits per heavy atom. The van der Waals surface area contributed by atoms with Crippen molar-refractivity contribution < 1.29 is 4.74 Å². The lowest BCUT2D eigenvalue weighted by Crippen LogP contribution is -2.14. The zero-order chi connectivity index (χ0) is 10.1. The van der Waals surface area contributed by atoms with E-state index in [1.165, 1.54) is 5.56 Å². The Morgan fingerprint density at radius 2 is 1.87 bits per heavy atom. The zero-order valence-corrected chi connectivity index (χ0v) is 9.62. The van der Waals surface area contributed by atoms with E-state index in [9.17, 15) is 0 Å². The molecule has 1 aromatic rings. The van der Waals surface area contributed by atoms with E-state index in [0.29, 0.717) is 6.02 Å². The molecule has 0 unspecified atom stereocenters. The average molecular weight is 227 g/mol. The Bertz CT molecular complexity index is 361. The minimum atomic E-state index is -0.0180. The minimum absolute atomic E-state index is 0. The van der Waals surface area contributed by atoms with Crippen LogP contribution in [0.3, 0.4) is 0 Å². The molecule has 3 nitrogen and oxygen atoms in total. The SMILES string of the molecule is Cc1ccc([C@@H]2OC(N)=N[C@@H]2C)cc1.Cl. The number of nitrogens with two attached hydrogens (primary N) is 1. The number of halogens is 1. The summed E-state index contributed by atoms with van der Waals surface area (Å²) in [5.74, 6) is 0. The topological polar surface area (TPSA) is 47.6 Å². The second-order valence-electron chi connectivity index (χ2n) is 3.66. The van der Waals surface area contributed by atoms with Crippen LogP contribution in [0.5, 0.6) is 0 Å². The molecule has 0 aliphatic carbocycles. The van der Waals surface area contributed by atoms with E-state index in [1.54, 1.807) is 0 Å². The summed E-state index contributed by atoms with van der Waals surface area (Å²) in [6, 6.07) is 8.66. The predicted octanol–water partition coefficient (Wildman–Crippen LogP) is 2.19. The second-order valence-corrected chi connectivity index (χ2v) is 3.66. The first-order chi connectivity index (χ1) is 6.66. The van der Waals surface area contributed by atoms with E-state index in [4.69, 9.17) is 10.5 Å². The number of nitrogens with zero attached hydrogens (tertiary/aromatic N) is 1. The van der Waals surface area contributed by atoms with Crippen LogP contribution in [0, 0.1) is 6.92 Å². The van der Waals surface area contributed by atoms with Gasteiger partial charge in [-0.2, -0.15) is 0 Å². The summed E-state index contributed by atoms with van der Waals surface area (Å²) >= 11 is 0. The van der Waals surface area contributed by atoms with Gasteiger partial charge in [0.05, 0.1) is 6.04 Å². The van der Waals surface area contributed by atoms with E-state index in [2.05, 4.69) is 36.2 Å². The lowest BCUT2D eigenvalue weighted by Gasteiger charge is -2.14. The Morgan fingerprint density at radius 3 is 2.33 bits per heavy atom. The van der Waals surface area contributed by atoms with Gasteiger partial charge < -0.3 is 10.5 Å². The average Bonchev–Trinajstić information content (AvgIpc) is 2.47. The molecule has 4 heteroatoms. The highest BCUT2D eigenvalue weighted by atomic mass is 35.5. The molecule has 0 fully saturated rings. The Labute approximate surface area is 95.8 Å². The molecule has 0 spiro atoms. The van der Waals surface area contributed by atoms with E-state index >= 15 is 0 Å². The molecule has 82 valence electrons. The van der Waals surface area contributed by atoms with Gasteiger partial charge in [0.2, 0.25) is 0 Å². The molecular weight excluding hydrogens is 212 g/mol. The molecule has 0 amide bonds. The highest BCUT2D eigenvalue weighted by Crippen LogP contribution is 2.27. The monoisotopic (exact) mass is 226 g/mol. The van der Waals surface area contributed by atoms with Crippen molar-refractivity contribution in [3.63, 3.8) is 0 Å². The van der Waals surface area contributed by atoms with Crippen molar-refractivity contribution in [1.82, 2.24) is 0 Å². The van der Waals surface area contributed by atoms with Gasteiger partial charge in [0.25, 0.3) is 6.02 Å². The Balaban J connectivity index is 0.00000112. The molecule has 2 atom stereocenters. The summed E-state index contributed by atoms with van der Waals surface area (Å²) in [5.41, 5.74) is 7.89. The van der Waals surface area contributed by atoms with Crippen LogP contribution in [-0.4, -0.2) is 12.1 Å². The molecule has 0 radical (unpaired) electrons. The van der Waals surface area contributed by atoms with Crippen LogP contribution >= 0.6 is 12.4 Å². The predicted molar refractivity (Wildman–Crippen MR) is 63.3 cm³/mol. The third-order valence-electron chi connectivity index (χ3n) is 2.42. The first kappa shape index (κ1) is 11.9. The summed E-state index contributed by atoms with van der Waals surface area (Å²) in [5, 5.41) is 0. The maximum absolute atomic E-state index is 5.51. The van der Waals surface area contributed by atoms with Crippen molar-refractivity contribution in [2.24, 2.45) is 10.7 Å². The molecule has 0 aromatic heterocycles. The van der Waals surface area contributed by atoms with Gasteiger partial charge in [0.1, 0.15) is 6.10 Å². The third-order valence-corrected chi connectivity index (χ3v) is 2.42. The quantitative estimate of drug-likeness (QED) is 0.798. The van der Waals surface area contributed by atoms with Crippen molar-refractivity contribution in [1.29, 1.82) is 0 Å². The van der Waals surface area contributed by atoms with Crippen LogP contribution in [0.2, 0.25) is 0 Å². The van der Waals surface area contributed by atoms with Gasteiger partial charge in [-0.1, -0.05) is 29.8 Å². The third kappa shape index (κ3) is 2.42. The second kappa shape index (κ2) is 4.53. The molecule has 1 heterocycles. The van der Waals surface area contributed by atoms with Crippen molar-refractivity contribution in [3.05, 3.63) is 35.4 Å². The molecule has 2 N–H and O–H groups in total. The van der Waals surface area contributed by atoms with Gasteiger partial charge >= 0.3 is 0 Å². The maximum atomic E-state index is 5.51. The molecule has 1 aliphatic heterocycles. The largest absolute Gasteiger partial charge is 0.455 e. The number of rotatable bonds is 1. The first-order valence-corrected chi connectivity index (χ1v) is 4.73. The summed E-state index contributed by atoms with van der Waals surface area (Å²) < 4.78 is 5.43. The van der Waals surface area contributed by atoms with Gasteiger partial charge in [-0.05, 0) is 19.4 Å². The maximum Gasteiger partial charge on any atom is 0.283 e. The molecule has 1 aliphatic rings. The number of aryl methyl sites for hydroxylation is 1. The van der Waals surface area contributed by atoms with Crippen LogP contribution in [0.1, 0.15) is 24.2 Å². The van der Waals surface area contributed by atoms with Gasteiger partial charge in [0.15, 0.2) is 0 Å². The summed E-state index contributed by atoms with van der Waals surface area (Å²) in [7, 11) is 0. The number of hydrogen-bond acceptors (Lipinski definition) is 3. The standard InChI is InChI=1S/C11H14N2O.ClH/c1-7-3-5-9(6-4-7)10-8(2)13-11(12)14-10;/h3-6,8,10H,1-2H3,(H2,12,13);1H/t8-,10-;/m1./s1. The fourth-order valence-corrected chi connectivity index (χ4v) is 1.63. The van der Waals surface area contributed by atoms with Gasteiger partial charge in [-0.3, -0.25) is 0 Å². The lowest BCUT2D eigenvalue weighted by atomic mass is 10.0. The fraction of sp³-hybridized carbons (Fsp3) is 0.364. The van der Waals surface area contributed by atoms with Gasteiger partial charge in [-0.15, -0.1) is 12.4 Å². The summed E-state index contributed by atoms with van der Waals surface area (Å²) in [6.07, 6.45) is -0.0180. The van der Waals surface area contributed by atoms with E-state index < -0.39 is 0 Å². The van der Waals surface area contributed by atoms with E-state index in [0.717, 1.165) is 5.56 Å². The van der Waals surface area contributed by atoms with Crippen LogP contribution in [-0.2, 0) is 4.74 Å². The highest BCUT2D eigenvalue weighted by molar-refractivity contribution is 5.85. The number of benzene rings is 1. The molecule has 1 aromatic carbocycles. The van der Waals surface area contributed by atoms with E-state index in [-0.39, 0.29) is 24.6 Å². The van der Waals surface area contributed by atoms with Crippen LogP contribution < -0.4 is 5.73 Å². The smallest absolute Gasteiger partial charge is 0.283 e. The molecule has 2 rings (SSSR count). The van der Waals surface area contributed by atoms with Gasteiger partial charge in [-0.25, -0.2) is 4.99 Å². The number of hydrogen-bond donors (Lipinski definition) is 1. The van der Waals surface area contributed by atoms with Crippen molar-refractivity contribution in [3.8, 4) is 0 Å². The number of ether oxygens (including phenoxy) is 1. The minimum Gasteiger partial charge on any atom is -0.455 e. The molecular formula is C11H15ClN2O. The van der Waals surface area contributed by atoms with Crippen molar-refractivity contribution >= 4 is 18.4 Å². The molecule has 0 saturated heterocycles. The molecule has 15 heavy (non-hydrogen) atoms. The lowest BCUT2D eigenvalue weighted by molar-refractivity contribution is 0.199. The van der Waals surface area contributed by atoms with E-state index in [1.807, 2.05) is 6.92 Å². The zero-order valence-electron chi connectivity index (χ0n) is 8.81. The normalized spacial score (nSPS) is 24.0. The molecule has 0 bridgehead atoms. The summed E-state index contributed by atoms with van der Waals surface area (Å²) in [4.78, 5) is 4.14. The molecule has 0 saturated carbocycles. The highest BCUT2D eigenvalue weighted by Gasteiger charge is 2.27. The first-order valence-electron chi connectivity index (χ1n) is 4.73. The number of aliphatic imine (C=N–C) groups is 1. The Kier molecular flexibility index (Phi) is 3.58. The van der Waals surface area contributed by atoms with Gasteiger partial charge in [0, 0.05) is 0 Å². The van der Waals surface area contributed by atoms with Crippen LogP contribution in [0.25, 0.3) is 0 Å². The van der Waals surface area contributed by atoms with Crippen LogP contribution in [0.15, 0.2) is 29.3 Å². The number of amidine groups is 1.